The summed E-state index contributed by atoms with van der Waals surface area (Å²) in [5.41, 5.74) is 1.07. The summed E-state index contributed by atoms with van der Waals surface area (Å²) in [6.07, 6.45) is -0.419. The third-order valence-corrected chi connectivity index (χ3v) is 3.47. The first-order valence-electron chi connectivity index (χ1n) is 6.98. The monoisotopic (exact) mass is 271 g/mol. The van der Waals surface area contributed by atoms with E-state index in [9.17, 15) is 9.90 Å². The van der Waals surface area contributed by atoms with Gasteiger partial charge in [-0.25, -0.2) is 0 Å². The van der Waals surface area contributed by atoms with Crippen LogP contribution in [0.15, 0.2) is 42.5 Å². The molecule has 1 atom stereocenters. The third kappa shape index (κ3) is 3.81. The van der Waals surface area contributed by atoms with Crippen molar-refractivity contribution >= 4 is 16.7 Å². The van der Waals surface area contributed by atoms with Crippen LogP contribution in [0.3, 0.4) is 0 Å². The maximum absolute atomic E-state index is 11.7. The van der Waals surface area contributed by atoms with Crippen molar-refractivity contribution in [3.05, 3.63) is 48.0 Å². The highest BCUT2D eigenvalue weighted by Gasteiger charge is 2.13. The van der Waals surface area contributed by atoms with Gasteiger partial charge in [-0.3, -0.25) is 4.79 Å². The Hall–Kier alpha value is -1.87. The van der Waals surface area contributed by atoms with Gasteiger partial charge in [0.25, 0.3) is 0 Å². The molecule has 0 aromatic heterocycles. The molecule has 0 aliphatic carbocycles. The van der Waals surface area contributed by atoms with Gasteiger partial charge in [-0.1, -0.05) is 50.2 Å². The molecule has 0 aliphatic heterocycles. The lowest BCUT2D eigenvalue weighted by Crippen LogP contribution is -2.29. The summed E-state index contributed by atoms with van der Waals surface area (Å²) in [6.45, 7) is 4.30. The number of hydrogen-bond acceptors (Lipinski definition) is 2. The topological polar surface area (TPSA) is 49.3 Å². The van der Waals surface area contributed by atoms with Gasteiger partial charge in [0, 0.05) is 6.54 Å². The molecule has 2 N–H and O–H groups in total. The molecule has 0 heterocycles. The Bertz CT molecular complexity index is 592. The van der Waals surface area contributed by atoms with E-state index in [1.807, 2.05) is 32.0 Å². The molecule has 0 fully saturated rings. The highest BCUT2D eigenvalue weighted by molar-refractivity contribution is 5.83. The fraction of sp³-hybridized carbons (Fsp3) is 0.353. The smallest absolute Gasteiger partial charge is 0.222 e. The van der Waals surface area contributed by atoms with Gasteiger partial charge in [-0.2, -0.15) is 0 Å². The minimum atomic E-state index is -0.577. The summed E-state index contributed by atoms with van der Waals surface area (Å²) in [7, 11) is 0. The standard InChI is InChI=1S/C17H21NO2/c1-12(2)16(19)10-17(20)18-11-13-7-8-14-5-3-4-6-15(14)9-13/h3-9,12,16,19H,10-11H2,1-2H3,(H,18,20). The number of carbonyl (C=O) groups is 1. The molecule has 0 saturated carbocycles. The predicted molar refractivity (Wildman–Crippen MR) is 81.3 cm³/mol. The molecular weight excluding hydrogens is 250 g/mol. The zero-order valence-electron chi connectivity index (χ0n) is 12.0. The fourth-order valence-corrected chi connectivity index (χ4v) is 2.05. The largest absolute Gasteiger partial charge is 0.392 e. The Labute approximate surface area is 119 Å². The molecule has 2 rings (SSSR count). The van der Waals surface area contributed by atoms with Crippen LogP contribution in [-0.2, 0) is 11.3 Å². The van der Waals surface area contributed by atoms with Gasteiger partial charge in [-0.15, -0.1) is 0 Å². The summed E-state index contributed by atoms with van der Waals surface area (Å²) in [5, 5.41) is 14.9. The van der Waals surface area contributed by atoms with Crippen molar-refractivity contribution in [3.63, 3.8) is 0 Å². The molecule has 20 heavy (non-hydrogen) atoms. The molecular formula is C17H21NO2. The summed E-state index contributed by atoms with van der Waals surface area (Å²) < 4.78 is 0. The Morgan fingerprint density at radius 1 is 1.15 bits per heavy atom. The number of aliphatic hydroxyl groups excluding tert-OH is 1. The molecule has 1 unspecified atom stereocenters. The Balaban J connectivity index is 1.94. The van der Waals surface area contributed by atoms with Crippen LogP contribution in [0.4, 0.5) is 0 Å². The number of benzene rings is 2. The van der Waals surface area contributed by atoms with Crippen LogP contribution in [0.25, 0.3) is 10.8 Å². The van der Waals surface area contributed by atoms with Crippen molar-refractivity contribution in [1.29, 1.82) is 0 Å². The minimum Gasteiger partial charge on any atom is -0.392 e. The second-order valence-corrected chi connectivity index (χ2v) is 5.47. The number of amides is 1. The van der Waals surface area contributed by atoms with Crippen LogP contribution in [-0.4, -0.2) is 17.1 Å². The van der Waals surface area contributed by atoms with Gasteiger partial charge in [0.15, 0.2) is 0 Å². The highest BCUT2D eigenvalue weighted by Crippen LogP contribution is 2.15. The maximum Gasteiger partial charge on any atom is 0.222 e. The Morgan fingerprint density at radius 2 is 1.85 bits per heavy atom. The fourth-order valence-electron chi connectivity index (χ4n) is 2.05. The van der Waals surface area contributed by atoms with Crippen molar-refractivity contribution in [2.75, 3.05) is 0 Å². The van der Waals surface area contributed by atoms with Crippen LogP contribution in [0.5, 0.6) is 0 Å². The van der Waals surface area contributed by atoms with E-state index in [4.69, 9.17) is 0 Å². The van der Waals surface area contributed by atoms with E-state index in [0.717, 1.165) is 5.56 Å². The van der Waals surface area contributed by atoms with Gasteiger partial charge in [0.05, 0.1) is 12.5 Å². The first-order chi connectivity index (χ1) is 9.56. The van der Waals surface area contributed by atoms with Gasteiger partial charge in [0.1, 0.15) is 0 Å². The van der Waals surface area contributed by atoms with Gasteiger partial charge in [0.2, 0.25) is 5.91 Å². The Morgan fingerprint density at radius 3 is 2.55 bits per heavy atom. The lowest BCUT2D eigenvalue weighted by atomic mass is 10.0. The quantitative estimate of drug-likeness (QED) is 0.878. The van der Waals surface area contributed by atoms with Crippen LogP contribution >= 0.6 is 0 Å². The number of carbonyl (C=O) groups excluding carboxylic acids is 1. The van der Waals surface area contributed by atoms with E-state index in [2.05, 4.69) is 29.6 Å². The van der Waals surface area contributed by atoms with Crippen molar-refractivity contribution in [2.45, 2.75) is 32.9 Å². The zero-order valence-corrected chi connectivity index (χ0v) is 12.0. The van der Waals surface area contributed by atoms with Crippen molar-refractivity contribution in [2.24, 2.45) is 5.92 Å². The number of aliphatic hydroxyl groups is 1. The lowest BCUT2D eigenvalue weighted by Gasteiger charge is -2.14. The van der Waals surface area contributed by atoms with Gasteiger partial charge in [-0.05, 0) is 28.3 Å². The van der Waals surface area contributed by atoms with Crippen LogP contribution in [0.1, 0.15) is 25.8 Å². The van der Waals surface area contributed by atoms with E-state index in [1.54, 1.807) is 0 Å². The zero-order chi connectivity index (χ0) is 14.5. The lowest BCUT2D eigenvalue weighted by molar-refractivity contribution is -0.123. The number of hydrogen-bond donors (Lipinski definition) is 2. The third-order valence-electron chi connectivity index (χ3n) is 3.47. The molecule has 0 radical (unpaired) electrons. The van der Waals surface area contributed by atoms with E-state index in [-0.39, 0.29) is 18.2 Å². The highest BCUT2D eigenvalue weighted by atomic mass is 16.3. The molecule has 3 heteroatoms. The maximum atomic E-state index is 11.7. The average Bonchev–Trinajstić information content (AvgIpc) is 2.44. The van der Waals surface area contributed by atoms with E-state index >= 15 is 0 Å². The summed E-state index contributed by atoms with van der Waals surface area (Å²) in [6, 6.07) is 14.3. The second kappa shape index (κ2) is 6.53. The van der Waals surface area contributed by atoms with Crippen molar-refractivity contribution in [3.8, 4) is 0 Å². The molecule has 0 spiro atoms. The first-order valence-corrected chi connectivity index (χ1v) is 6.98. The molecule has 106 valence electrons. The second-order valence-electron chi connectivity index (χ2n) is 5.47. The molecule has 2 aromatic carbocycles. The van der Waals surface area contributed by atoms with Gasteiger partial charge >= 0.3 is 0 Å². The summed E-state index contributed by atoms with van der Waals surface area (Å²) >= 11 is 0. The molecule has 3 nitrogen and oxygen atoms in total. The van der Waals surface area contributed by atoms with E-state index in [1.165, 1.54) is 10.8 Å². The molecule has 0 aliphatic rings. The van der Waals surface area contributed by atoms with Crippen LogP contribution < -0.4 is 5.32 Å². The molecule has 0 bridgehead atoms. The first kappa shape index (κ1) is 14.5. The molecule has 1 amide bonds. The normalized spacial score (nSPS) is 12.6. The van der Waals surface area contributed by atoms with Gasteiger partial charge < -0.3 is 10.4 Å². The van der Waals surface area contributed by atoms with Crippen LogP contribution in [0, 0.1) is 5.92 Å². The molecule has 2 aromatic rings. The molecule has 0 saturated heterocycles. The SMILES string of the molecule is CC(C)C(O)CC(=O)NCc1ccc2ccccc2c1. The van der Waals surface area contributed by atoms with Crippen molar-refractivity contribution < 1.29 is 9.90 Å². The predicted octanol–water partition coefficient (Wildman–Crippen LogP) is 2.86. The van der Waals surface area contributed by atoms with E-state index < -0.39 is 6.10 Å². The number of nitrogens with one attached hydrogen (secondary N) is 1. The number of rotatable bonds is 5. The van der Waals surface area contributed by atoms with Crippen LogP contribution in [0.2, 0.25) is 0 Å². The minimum absolute atomic E-state index is 0.0985. The van der Waals surface area contributed by atoms with E-state index in [0.29, 0.717) is 6.54 Å². The van der Waals surface area contributed by atoms with Crippen molar-refractivity contribution in [1.82, 2.24) is 5.32 Å². The Kier molecular flexibility index (Phi) is 4.74. The number of fused-ring (bicyclic) bond motifs is 1. The average molecular weight is 271 g/mol. The summed E-state index contributed by atoms with van der Waals surface area (Å²) in [5.74, 6) is -0.0132. The summed E-state index contributed by atoms with van der Waals surface area (Å²) in [4.78, 5) is 11.7.